The van der Waals surface area contributed by atoms with Crippen molar-refractivity contribution >= 4 is 21.8 Å². The molecule has 2 aromatic rings. The van der Waals surface area contributed by atoms with Gasteiger partial charge in [0.2, 0.25) is 15.9 Å². The van der Waals surface area contributed by atoms with Gasteiger partial charge in [-0.2, -0.15) is 0 Å². The Labute approximate surface area is 202 Å². The summed E-state index contributed by atoms with van der Waals surface area (Å²) >= 11 is 0. The summed E-state index contributed by atoms with van der Waals surface area (Å²) in [4.78, 5) is 18.2. The van der Waals surface area contributed by atoms with Crippen LogP contribution in [0.2, 0.25) is 0 Å². The van der Waals surface area contributed by atoms with Crippen molar-refractivity contribution in [2.45, 2.75) is 24.1 Å². The van der Waals surface area contributed by atoms with Crippen LogP contribution in [0.3, 0.4) is 0 Å². The van der Waals surface area contributed by atoms with Crippen molar-refractivity contribution in [2.24, 2.45) is 4.99 Å². The molecule has 1 N–H and O–H groups in total. The number of rotatable bonds is 10. The molecule has 0 atom stereocenters. The quantitative estimate of drug-likeness (QED) is 0.529. The van der Waals surface area contributed by atoms with Crippen molar-refractivity contribution in [3.05, 3.63) is 59.7 Å². The maximum atomic E-state index is 12.7. The number of aliphatic imine (C=N–C) groups is 1. The highest BCUT2D eigenvalue weighted by molar-refractivity contribution is 7.89. The van der Waals surface area contributed by atoms with E-state index in [1.165, 1.54) is 7.05 Å². The maximum Gasteiger partial charge on any atom is 0.573 e. The predicted octanol–water partition coefficient (Wildman–Crippen LogP) is 2.65. The number of likely N-dealkylation sites (N-methyl/N-ethyl adjacent to an activating group) is 1. The van der Waals surface area contributed by atoms with E-state index < -0.39 is 22.1 Å². The van der Waals surface area contributed by atoms with Gasteiger partial charge in [-0.05, 0) is 36.2 Å². The molecule has 1 aliphatic rings. The van der Waals surface area contributed by atoms with Crippen molar-refractivity contribution in [3.8, 4) is 5.75 Å². The molecule has 8 nitrogen and oxygen atoms in total. The summed E-state index contributed by atoms with van der Waals surface area (Å²) in [7, 11) is -1.01. The molecule has 0 bridgehead atoms. The molecule has 0 aliphatic carbocycles. The largest absolute Gasteiger partial charge is 0.573 e. The minimum atomic E-state index is -4.87. The molecular weight excluding hydrogens is 485 g/mol. The van der Waals surface area contributed by atoms with Crippen LogP contribution >= 0.6 is 0 Å². The number of sulfonamides is 1. The highest BCUT2D eigenvalue weighted by atomic mass is 32.2. The Balaban J connectivity index is 1.47. The van der Waals surface area contributed by atoms with E-state index in [-0.39, 0.29) is 23.8 Å². The lowest BCUT2D eigenvalue weighted by molar-refractivity contribution is -0.274. The molecule has 1 heterocycles. The number of benzene rings is 2. The molecule has 35 heavy (non-hydrogen) atoms. The number of nitrogens with one attached hydrogen (secondary N) is 1. The highest BCUT2D eigenvalue weighted by Gasteiger charge is 2.31. The number of carbonyl (C=O) groups is 1. The topological polar surface area (TPSA) is 91.3 Å². The lowest BCUT2D eigenvalue weighted by Gasteiger charge is -2.21. The van der Waals surface area contributed by atoms with E-state index in [2.05, 4.69) is 15.0 Å². The van der Waals surface area contributed by atoms with Gasteiger partial charge in [0.1, 0.15) is 11.6 Å². The number of hydrogen-bond donors (Lipinski definition) is 1. The molecule has 0 aromatic heterocycles. The number of ether oxygens (including phenoxy) is 1. The SMILES string of the molecule is CN(CCc1ccc(C2=NCCN2)cc1)C(=O)CCN(C)S(=O)(=O)c1ccc(OC(F)(F)F)cc1. The van der Waals surface area contributed by atoms with Gasteiger partial charge in [-0.25, -0.2) is 12.7 Å². The molecule has 1 aliphatic heterocycles. The molecule has 1 amide bonds. The Hall–Kier alpha value is -3.12. The van der Waals surface area contributed by atoms with Gasteiger partial charge in [-0.1, -0.05) is 24.3 Å². The lowest BCUT2D eigenvalue weighted by atomic mass is 10.1. The minimum Gasteiger partial charge on any atom is -0.406 e. The smallest absolute Gasteiger partial charge is 0.406 e. The maximum absolute atomic E-state index is 12.7. The van der Waals surface area contributed by atoms with Crippen LogP contribution in [0.4, 0.5) is 13.2 Å². The van der Waals surface area contributed by atoms with Gasteiger partial charge in [0.05, 0.1) is 11.4 Å². The van der Waals surface area contributed by atoms with Crippen LogP contribution in [0, 0.1) is 0 Å². The number of alkyl halides is 3. The molecule has 0 spiro atoms. The fourth-order valence-electron chi connectivity index (χ4n) is 3.40. The molecule has 0 fully saturated rings. The average molecular weight is 513 g/mol. The van der Waals surface area contributed by atoms with Gasteiger partial charge in [0.15, 0.2) is 0 Å². The predicted molar refractivity (Wildman–Crippen MR) is 125 cm³/mol. The van der Waals surface area contributed by atoms with Gasteiger partial charge >= 0.3 is 6.36 Å². The number of halogens is 3. The van der Waals surface area contributed by atoms with Crippen LogP contribution in [-0.2, 0) is 21.2 Å². The van der Waals surface area contributed by atoms with Crippen LogP contribution in [0.1, 0.15) is 17.5 Å². The number of amides is 1. The van der Waals surface area contributed by atoms with Crippen molar-refractivity contribution in [1.82, 2.24) is 14.5 Å². The number of hydrogen-bond acceptors (Lipinski definition) is 6. The zero-order chi connectivity index (χ0) is 25.6. The number of nitrogens with zero attached hydrogens (tertiary/aromatic N) is 3. The first-order valence-electron chi connectivity index (χ1n) is 10.9. The summed E-state index contributed by atoms with van der Waals surface area (Å²) in [6, 6.07) is 11.9. The van der Waals surface area contributed by atoms with Gasteiger partial charge in [-0.15, -0.1) is 13.2 Å². The van der Waals surface area contributed by atoms with E-state index in [0.29, 0.717) is 13.0 Å². The Kier molecular flexibility index (Phi) is 8.39. The second-order valence-electron chi connectivity index (χ2n) is 8.02. The first kappa shape index (κ1) is 26.5. The average Bonchev–Trinajstić information content (AvgIpc) is 3.35. The highest BCUT2D eigenvalue weighted by Crippen LogP contribution is 2.25. The van der Waals surface area contributed by atoms with Crippen molar-refractivity contribution in [1.29, 1.82) is 0 Å². The fourth-order valence-corrected chi connectivity index (χ4v) is 4.57. The Bertz CT molecular complexity index is 1150. The number of carbonyl (C=O) groups excluding carboxylic acids is 1. The van der Waals surface area contributed by atoms with Gasteiger partial charge in [-0.3, -0.25) is 9.79 Å². The molecule has 2 aromatic carbocycles. The second kappa shape index (κ2) is 11.1. The fraction of sp³-hybridized carbons (Fsp3) is 0.391. The van der Waals surface area contributed by atoms with Crippen LogP contribution in [0.15, 0.2) is 58.4 Å². The van der Waals surface area contributed by atoms with Crippen molar-refractivity contribution < 1.29 is 31.1 Å². The molecule has 3 rings (SSSR count). The van der Waals surface area contributed by atoms with Crippen LogP contribution in [0.5, 0.6) is 5.75 Å². The summed E-state index contributed by atoms with van der Waals surface area (Å²) in [5.74, 6) is 0.144. The van der Waals surface area contributed by atoms with Crippen LogP contribution < -0.4 is 10.1 Å². The molecule has 0 saturated carbocycles. The zero-order valence-electron chi connectivity index (χ0n) is 19.4. The molecule has 190 valence electrons. The zero-order valence-corrected chi connectivity index (χ0v) is 20.2. The third kappa shape index (κ3) is 7.43. The summed E-state index contributed by atoms with van der Waals surface area (Å²) in [5, 5.41) is 3.22. The first-order valence-corrected chi connectivity index (χ1v) is 12.3. The van der Waals surface area contributed by atoms with E-state index in [1.54, 1.807) is 11.9 Å². The standard InChI is InChI=1S/C23H27F3N4O4S/c1-29(15-11-17-3-5-18(6-4-17)22-27-13-14-28-22)21(31)12-16-30(2)35(32,33)20-9-7-19(8-10-20)34-23(24,25)26/h3-10H,11-16H2,1-2H3,(H,27,28). The molecule has 0 radical (unpaired) electrons. The van der Waals surface area contributed by atoms with E-state index in [1.807, 2.05) is 24.3 Å². The van der Waals surface area contributed by atoms with Crippen molar-refractivity contribution in [2.75, 3.05) is 40.3 Å². The van der Waals surface area contributed by atoms with E-state index >= 15 is 0 Å². The second-order valence-corrected chi connectivity index (χ2v) is 10.1. The van der Waals surface area contributed by atoms with Crippen LogP contribution in [0.25, 0.3) is 0 Å². The van der Waals surface area contributed by atoms with E-state index in [9.17, 15) is 26.4 Å². The van der Waals surface area contributed by atoms with Gasteiger partial charge in [0.25, 0.3) is 0 Å². The molecule has 12 heteroatoms. The summed E-state index contributed by atoms with van der Waals surface area (Å²) in [6.45, 7) is 2.00. The van der Waals surface area contributed by atoms with Gasteiger partial charge < -0.3 is 15.0 Å². The lowest BCUT2D eigenvalue weighted by Crippen LogP contribution is -2.34. The van der Waals surface area contributed by atoms with E-state index in [0.717, 1.165) is 58.6 Å². The normalized spacial score (nSPS) is 13.9. The minimum absolute atomic E-state index is 0.0358. The Morgan fingerprint density at radius 1 is 1.06 bits per heavy atom. The first-order chi connectivity index (χ1) is 16.5. The summed E-state index contributed by atoms with van der Waals surface area (Å²) < 4.78 is 66.9. The summed E-state index contributed by atoms with van der Waals surface area (Å²) in [5.41, 5.74) is 2.08. The third-order valence-corrected chi connectivity index (χ3v) is 7.34. The monoisotopic (exact) mass is 512 g/mol. The Morgan fingerprint density at radius 2 is 1.71 bits per heavy atom. The van der Waals surface area contributed by atoms with Gasteiger partial charge in [0, 0.05) is 45.7 Å². The molecular formula is C23H27F3N4O4S. The number of amidine groups is 1. The summed E-state index contributed by atoms with van der Waals surface area (Å²) in [6.07, 6.45) is -4.26. The third-order valence-electron chi connectivity index (χ3n) is 5.47. The molecule has 0 saturated heterocycles. The molecule has 0 unspecified atom stereocenters. The Morgan fingerprint density at radius 3 is 2.29 bits per heavy atom. The van der Waals surface area contributed by atoms with Crippen LogP contribution in [-0.4, -0.2) is 76.0 Å². The van der Waals surface area contributed by atoms with Crippen molar-refractivity contribution in [3.63, 3.8) is 0 Å². The van der Waals surface area contributed by atoms with E-state index in [4.69, 9.17) is 0 Å².